The Labute approximate surface area is 260 Å². The van der Waals surface area contributed by atoms with Gasteiger partial charge in [-0.1, -0.05) is 36.0 Å². The molecule has 44 heavy (non-hydrogen) atoms. The number of amides is 4. The van der Waals surface area contributed by atoms with Gasteiger partial charge in [-0.05, 0) is 81.0 Å². The topological polar surface area (TPSA) is 127 Å². The van der Waals surface area contributed by atoms with Gasteiger partial charge in [0.25, 0.3) is 11.8 Å². The van der Waals surface area contributed by atoms with Crippen LogP contribution in [0.5, 0.6) is 11.5 Å². The standard InChI is InChI=1S/C33H34N6O4S/c1-19-15-24(43-23-5-3-2-4-6-23)9-10-25(19)39-26-11-13-35-31-27(26)28(37-33(39)42)29(44-31)30(40)36-22-12-14-38(18-22)32(41)21(17-34)16-20-7-8-20/h2-6,9-10,15-16,20,22,26-27,31,35H,7-8,11-14,18H2,1H3,(H,36,40)(H,37,42)/b21-16+/t22-,26?,27?,31?/m1/s1. The molecule has 226 valence electrons. The first-order valence-corrected chi connectivity index (χ1v) is 16.1. The molecule has 5 aliphatic rings. The Morgan fingerprint density at radius 2 is 1.93 bits per heavy atom. The summed E-state index contributed by atoms with van der Waals surface area (Å²) >= 11 is 1.46. The minimum Gasteiger partial charge on any atom is -0.457 e. The smallest absolute Gasteiger partial charge is 0.326 e. The predicted octanol–water partition coefficient (Wildman–Crippen LogP) is 4.16. The Balaban J connectivity index is 1.06. The van der Waals surface area contributed by atoms with Crippen molar-refractivity contribution in [3.63, 3.8) is 0 Å². The lowest BCUT2D eigenvalue weighted by Crippen LogP contribution is -2.62. The summed E-state index contributed by atoms with van der Waals surface area (Å²) in [4.78, 5) is 44.2. The molecule has 4 heterocycles. The fraction of sp³-hybridized carbons (Fsp3) is 0.394. The van der Waals surface area contributed by atoms with Crippen LogP contribution in [-0.2, 0) is 9.59 Å². The maximum atomic E-state index is 13.7. The second-order valence-electron chi connectivity index (χ2n) is 12.0. The van der Waals surface area contributed by atoms with E-state index in [1.807, 2.05) is 60.4 Å². The largest absolute Gasteiger partial charge is 0.457 e. The van der Waals surface area contributed by atoms with Crippen LogP contribution < -0.4 is 25.6 Å². The number of hydrogen-bond acceptors (Lipinski definition) is 7. The number of ether oxygens (including phenoxy) is 1. The lowest BCUT2D eigenvalue weighted by molar-refractivity contribution is -0.126. The highest BCUT2D eigenvalue weighted by atomic mass is 32.2. The number of anilines is 1. The molecule has 11 heteroatoms. The first-order chi connectivity index (χ1) is 21.4. The molecular weight excluding hydrogens is 576 g/mol. The number of carbonyl (C=O) groups excluding carboxylic acids is 3. The van der Waals surface area contributed by atoms with Crippen LogP contribution in [0.15, 0.2) is 70.8 Å². The van der Waals surface area contributed by atoms with Crippen LogP contribution >= 0.6 is 11.8 Å². The normalized spacial score (nSPS) is 26.2. The molecule has 10 nitrogen and oxygen atoms in total. The molecule has 2 aromatic carbocycles. The number of carbonyl (C=O) groups is 3. The zero-order valence-electron chi connectivity index (χ0n) is 24.4. The van der Waals surface area contributed by atoms with Gasteiger partial charge >= 0.3 is 6.03 Å². The summed E-state index contributed by atoms with van der Waals surface area (Å²) in [6.45, 7) is 3.55. The summed E-state index contributed by atoms with van der Waals surface area (Å²) in [5.41, 5.74) is 2.60. The van der Waals surface area contributed by atoms with E-state index in [9.17, 15) is 19.6 Å². The van der Waals surface area contributed by atoms with Crippen LogP contribution in [0, 0.1) is 30.1 Å². The van der Waals surface area contributed by atoms with Gasteiger partial charge in [0.1, 0.15) is 23.1 Å². The lowest BCUT2D eigenvalue weighted by atomic mass is 9.86. The number of rotatable bonds is 7. The molecule has 0 spiro atoms. The number of benzene rings is 2. The molecule has 0 radical (unpaired) electrons. The molecule has 3 unspecified atom stereocenters. The number of nitrogens with zero attached hydrogens (tertiary/aromatic N) is 3. The summed E-state index contributed by atoms with van der Waals surface area (Å²) in [6, 6.07) is 16.8. The maximum Gasteiger partial charge on any atom is 0.326 e. The van der Waals surface area contributed by atoms with Crippen molar-refractivity contribution in [2.75, 3.05) is 24.5 Å². The second-order valence-corrected chi connectivity index (χ2v) is 13.2. The van der Waals surface area contributed by atoms with Crippen molar-refractivity contribution >= 4 is 35.3 Å². The maximum absolute atomic E-state index is 13.7. The van der Waals surface area contributed by atoms with Crippen molar-refractivity contribution in [2.24, 2.45) is 11.8 Å². The van der Waals surface area contributed by atoms with Gasteiger partial charge in [-0.2, -0.15) is 5.26 Å². The molecule has 3 saturated heterocycles. The molecule has 4 atom stereocenters. The Hall–Kier alpha value is -4.27. The number of urea groups is 1. The van der Waals surface area contributed by atoms with E-state index in [2.05, 4.69) is 22.0 Å². The van der Waals surface area contributed by atoms with Crippen LogP contribution in [0.1, 0.15) is 31.2 Å². The highest BCUT2D eigenvalue weighted by Crippen LogP contribution is 2.48. The van der Waals surface area contributed by atoms with E-state index in [-0.39, 0.29) is 46.8 Å². The second kappa shape index (κ2) is 11.7. The number of para-hydroxylation sites is 1. The average molecular weight is 611 g/mol. The zero-order chi connectivity index (χ0) is 30.4. The minimum absolute atomic E-state index is 0.0407. The third-order valence-electron chi connectivity index (χ3n) is 8.94. The third kappa shape index (κ3) is 5.44. The van der Waals surface area contributed by atoms with Crippen LogP contribution in [0.2, 0.25) is 0 Å². The summed E-state index contributed by atoms with van der Waals surface area (Å²) < 4.78 is 6.01. The quantitative estimate of drug-likeness (QED) is 0.318. The predicted molar refractivity (Wildman–Crippen MR) is 167 cm³/mol. The van der Waals surface area contributed by atoms with Gasteiger partial charge < -0.3 is 25.6 Å². The molecule has 0 bridgehead atoms. The van der Waals surface area contributed by atoms with Crippen LogP contribution in [0.3, 0.4) is 0 Å². The molecule has 4 amide bonds. The summed E-state index contributed by atoms with van der Waals surface area (Å²) in [7, 11) is 0. The van der Waals surface area contributed by atoms with Crippen LogP contribution in [0.25, 0.3) is 0 Å². The van der Waals surface area contributed by atoms with E-state index in [0.717, 1.165) is 42.8 Å². The van der Waals surface area contributed by atoms with E-state index in [4.69, 9.17) is 4.74 Å². The fourth-order valence-electron chi connectivity index (χ4n) is 6.63. The Bertz CT molecular complexity index is 1610. The van der Waals surface area contributed by atoms with E-state index >= 15 is 0 Å². The number of nitrogens with one attached hydrogen (secondary N) is 3. The van der Waals surface area contributed by atoms with Gasteiger partial charge in [0.05, 0.1) is 16.3 Å². The number of nitriles is 1. The van der Waals surface area contributed by atoms with Gasteiger partial charge in [0.2, 0.25) is 0 Å². The Morgan fingerprint density at radius 1 is 1.11 bits per heavy atom. The molecule has 4 fully saturated rings. The number of thioether (sulfide) groups is 1. The number of piperidine rings is 1. The fourth-order valence-corrected chi connectivity index (χ4v) is 8.03. The Kier molecular flexibility index (Phi) is 7.56. The van der Waals surface area contributed by atoms with E-state index in [1.165, 1.54) is 11.8 Å². The zero-order valence-corrected chi connectivity index (χ0v) is 25.2. The summed E-state index contributed by atoms with van der Waals surface area (Å²) in [5.74, 6) is 1.21. The molecular formula is C33H34N6O4S. The highest BCUT2D eigenvalue weighted by molar-refractivity contribution is 8.04. The third-order valence-corrected chi connectivity index (χ3v) is 10.3. The van der Waals surface area contributed by atoms with Crippen molar-refractivity contribution < 1.29 is 19.1 Å². The van der Waals surface area contributed by atoms with Crippen LogP contribution in [0.4, 0.5) is 10.5 Å². The van der Waals surface area contributed by atoms with Crippen molar-refractivity contribution in [1.29, 1.82) is 5.26 Å². The van der Waals surface area contributed by atoms with Gasteiger partial charge in [-0.25, -0.2) is 4.79 Å². The monoisotopic (exact) mass is 610 g/mol. The Morgan fingerprint density at radius 3 is 2.68 bits per heavy atom. The first-order valence-electron chi connectivity index (χ1n) is 15.2. The van der Waals surface area contributed by atoms with Crippen molar-refractivity contribution in [3.8, 4) is 17.6 Å². The molecule has 0 aromatic heterocycles. The molecule has 7 rings (SSSR count). The minimum atomic E-state index is -0.263. The molecule has 2 aromatic rings. The molecule has 1 aliphatic carbocycles. The van der Waals surface area contributed by atoms with Gasteiger partial charge in [0.15, 0.2) is 0 Å². The molecule has 1 saturated carbocycles. The van der Waals surface area contributed by atoms with Crippen LogP contribution in [-0.4, -0.2) is 59.8 Å². The van der Waals surface area contributed by atoms with Crippen molar-refractivity contribution in [1.82, 2.24) is 20.9 Å². The first kappa shape index (κ1) is 28.5. The van der Waals surface area contributed by atoms with Gasteiger partial charge in [-0.15, -0.1) is 0 Å². The molecule has 3 N–H and O–H groups in total. The summed E-state index contributed by atoms with van der Waals surface area (Å²) in [5, 5.41) is 19.1. The van der Waals surface area contributed by atoms with Gasteiger partial charge in [-0.3, -0.25) is 14.5 Å². The average Bonchev–Trinajstić information content (AvgIpc) is 3.60. The number of hydrogen-bond donors (Lipinski definition) is 3. The number of likely N-dealkylation sites (tertiary alicyclic amines) is 1. The van der Waals surface area contributed by atoms with E-state index < -0.39 is 0 Å². The molecule has 4 aliphatic heterocycles. The van der Waals surface area contributed by atoms with E-state index in [0.29, 0.717) is 41.8 Å². The number of aryl methyl sites for hydroxylation is 1. The number of allylic oxidation sites excluding steroid dienone is 1. The lowest BCUT2D eigenvalue weighted by Gasteiger charge is -2.46. The van der Waals surface area contributed by atoms with Crippen molar-refractivity contribution in [2.45, 2.75) is 50.1 Å². The highest BCUT2D eigenvalue weighted by Gasteiger charge is 2.52. The SMILES string of the molecule is Cc1cc(Oc2ccccc2)ccc1N1C(=O)NC2=C(C(=O)N[C@@H]3CCN(C(=O)/C(C#N)=C/C4CC4)C3)SC3NCCC1C23. The van der Waals surface area contributed by atoms with Crippen molar-refractivity contribution in [3.05, 3.63) is 76.3 Å². The van der Waals surface area contributed by atoms with E-state index in [1.54, 1.807) is 11.0 Å². The van der Waals surface area contributed by atoms with Gasteiger partial charge in [0, 0.05) is 36.4 Å². The summed E-state index contributed by atoms with van der Waals surface area (Å²) in [6.07, 6.45) is 5.20.